The van der Waals surface area contributed by atoms with E-state index in [0.717, 1.165) is 5.56 Å². The molecule has 16 nitrogen and oxygen atoms in total. The Bertz CT molecular complexity index is 1940. The number of aliphatic hydroxyl groups excluding tert-OH is 8. The lowest BCUT2D eigenvalue weighted by Crippen LogP contribution is -2.60. The van der Waals surface area contributed by atoms with Crippen molar-refractivity contribution in [3.8, 4) is 34.5 Å². The zero-order valence-electron chi connectivity index (χ0n) is 29.5. The third kappa shape index (κ3) is 7.85. The summed E-state index contributed by atoms with van der Waals surface area (Å²) in [7, 11) is 0. The predicted octanol–water partition coefficient (Wildman–Crippen LogP) is 0.597. The van der Waals surface area contributed by atoms with Gasteiger partial charge in [0.25, 0.3) is 0 Å². The number of aromatic hydroxyl groups is 3. The second kappa shape index (κ2) is 16.2. The molecule has 3 heterocycles. The molecule has 3 aliphatic heterocycles. The summed E-state index contributed by atoms with van der Waals surface area (Å²) in [6, 6.07) is 20.1. The van der Waals surface area contributed by atoms with E-state index in [1.165, 1.54) is 42.5 Å². The molecule has 0 spiro atoms. The van der Waals surface area contributed by atoms with Crippen molar-refractivity contribution in [3.63, 3.8) is 0 Å². The van der Waals surface area contributed by atoms with Gasteiger partial charge >= 0.3 is 0 Å². The van der Waals surface area contributed by atoms with Gasteiger partial charge in [-0.3, -0.25) is 0 Å². The molecule has 2 saturated heterocycles. The summed E-state index contributed by atoms with van der Waals surface area (Å²) in [5.74, 6) is -0.585. The van der Waals surface area contributed by atoms with Crippen LogP contribution >= 0.6 is 0 Å². The predicted molar refractivity (Wildman–Crippen MR) is 194 cm³/mol. The number of aliphatic hydroxyl groups is 8. The van der Waals surface area contributed by atoms with E-state index in [9.17, 15) is 56.2 Å². The molecule has 0 amide bonds. The molecule has 3 aliphatic rings. The molecule has 12 atom stereocenters. The minimum atomic E-state index is -1.79. The molecular formula is C40H42O16. The van der Waals surface area contributed by atoms with Gasteiger partial charge < -0.3 is 79.9 Å². The van der Waals surface area contributed by atoms with Gasteiger partial charge in [0.15, 0.2) is 0 Å². The van der Waals surface area contributed by atoms with Crippen LogP contribution < -0.4 is 14.2 Å². The first-order valence-electron chi connectivity index (χ1n) is 17.7. The van der Waals surface area contributed by atoms with Gasteiger partial charge in [-0.25, -0.2) is 0 Å². The Balaban J connectivity index is 1.36. The van der Waals surface area contributed by atoms with E-state index >= 15 is 0 Å². The van der Waals surface area contributed by atoms with E-state index in [0.29, 0.717) is 28.0 Å². The number of phenols is 3. The van der Waals surface area contributed by atoms with Crippen molar-refractivity contribution in [1.82, 2.24) is 0 Å². The van der Waals surface area contributed by atoms with E-state index in [1.54, 1.807) is 48.6 Å². The fourth-order valence-electron chi connectivity index (χ4n) is 7.10. The first-order valence-corrected chi connectivity index (χ1v) is 17.7. The van der Waals surface area contributed by atoms with Crippen LogP contribution in [0.4, 0.5) is 0 Å². The highest BCUT2D eigenvalue weighted by Crippen LogP contribution is 2.53. The summed E-state index contributed by atoms with van der Waals surface area (Å²) in [4.78, 5) is 0. The molecule has 12 unspecified atom stereocenters. The van der Waals surface area contributed by atoms with E-state index in [-0.39, 0.29) is 28.7 Å². The van der Waals surface area contributed by atoms with Gasteiger partial charge in [0.1, 0.15) is 89.4 Å². The Labute approximate surface area is 319 Å². The Morgan fingerprint density at radius 1 is 0.536 bits per heavy atom. The smallest absolute Gasteiger partial charge is 0.229 e. The maximum absolute atomic E-state index is 10.8. The molecule has 0 saturated carbocycles. The molecule has 4 aromatic carbocycles. The zero-order valence-corrected chi connectivity index (χ0v) is 29.5. The monoisotopic (exact) mass is 778 g/mol. The third-order valence-corrected chi connectivity index (χ3v) is 10.1. The maximum atomic E-state index is 10.8. The van der Waals surface area contributed by atoms with Crippen LogP contribution in [-0.2, 0) is 9.47 Å². The number of ether oxygens (including phenoxy) is 5. The van der Waals surface area contributed by atoms with Crippen LogP contribution in [0.1, 0.15) is 39.8 Å². The largest absolute Gasteiger partial charge is 0.508 e. The first kappa shape index (κ1) is 39.3. The van der Waals surface area contributed by atoms with Gasteiger partial charge in [-0.2, -0.15) is 0 Å². The summed E-state index contributed by atoms with van der Waals surface area (Å²) < 4.78 is 29.8. The lowest BCUT2D eigenvalue weighted by atomic mass is 9.82. The van der Waals surface area contributed by atoms with E-state index in [4.69, 9.17) is 23.7 Å². The van der Waals surface area contributed by atoms with E-state index in [2.05, 4.69) is 0 Å². The van der Waals surface area contributed by atoms with Crippen LogP contribution in [0.2, 0.25) is 0 Å². The number of benzene rings is 4. The van der Waals surface area contributed by atoms with Gasteiger partial charge in [0, 0.05) is 17.7 Å². The maximum Gasteiger partial charge on any atom is 0.229 e. The Hall–Kier alpha value is -4.98. The van der Waals surface area contributed by atoms with E-state index < -0.39 is 86.6 Å². The van der Waals surface area contributed by atoms with Crippen LogP contribution in [-0.4, -0.2) is 131 Å². The van der Waals surface area contributed by atoms with Crippen LogP contribution in [0.25, 0.3) is 12.2 Å². The highest BCUT2D eigenvalue weighted by Gasteiger charge is 2.47. The molecule has 0 aromatic heterocycles. The van der Waals surface area contributed by atoms with Crippen molar-refractivity contribution in [2.45, 2.75) is 73.4 Å². The lowest BCUT2D eigenvalue weighted by molar-refractivity contribution is -0.278. The normalized spacial score (nSPS) is 31.5. The van der Waals surface area contributed by atoms with E-state index in [1.807, 2.05) is 0 Å². The molecule has 7 rings (SSSR count). The van der Waals surface area contributed by atoms with Gasteiger partial charge in [-0.15, -0.1) is 0 Å². The molecule has 0 aliphatic carbocycles. The minimum absolute atomic E-state index is 0.00103. The van der Waals surface area contributed by atoms with Crippen LogP contribution in [0.15, 0.2) is 78.9 Å². The topological polar surface area (TPSA) is 269 Å². The van der Waals surface area contributed by atoms with Crippen LogP contribution in [0.5, 0.6) is 34.5 Å². The molecule has 16 heteroatoms. The Kier molecular flexibility index (Phi) is 11.4. The standard InChI is InChI=1S/C40H42O16/c41-16-28-32(46)34(48)36(50)39(55-28)52-25-12-21(13-26(15-25)53-40-37(51)35(49)33(47)29(17-42)56-40)31-30-20(4-1-18-2-7-22(43)8-3-18)11-24(45)14-27(30)54-38(31)19-5-9-23(44)10-6-19/h1-15,28-29,31-51H,16-17H2. The average Bonchev–Trinajstić information content (AvgIpc) is 3.57. The number of hydrogen-bond donors (Lipinski definition) is 11. The molecule has 0 bridgehead atoms. The molecule has 56 heavy (non-hydrogen) atoms. The third-order valence-electron chi connectivity index (χ3n) is 10.1. The molecule has 11 N–H and O–H groups in total. The van der Waals surface area contributed by atoms with Crippen LogP contribution in [0.3, 0.4) is 0 Å². The summed E-state index contributed by atoms with van der Waals surface area (Å²) >= 11 is 0. The van der Waals surface area contributed by atoms with Crippen LogP contribution in [0, 0.1) is 0 Å². The molecule has 2 fully saturated rings. The Morgan fingerprint density at radius 2 is 1.05 bits per heavy atom. The van der Waals surface area contributed by atoms with Gasteiger partial charge in [0.2, 0.25) is 12.6 Å². The first-order chi connectivity index (χ1) is 26.8. The van der Waals surface area contributed by atoms with Crippen molar-refractivity contribution in [1.29, 1.82) is 0 Å². The van der Waals surface area contributed by atoms with Crippen molar-refractivity contribution in [2.75, 3.05) is 13.2 Å². The minimum Gasteiger partial charge on any atom is -0.508 e. The second-order valence-corrected chi connectivity index (χ2v) is 13.8. The van der Waals surface area contributed by atoms with Crippen molar-refractivity contribution < 1.29 is 79.9 Å². The zero-order chi connectivity index (χ0) is 39.8. The van der Waals surface area contributed by atoms with Crippen molar-refractivity contribution in [2.24, 2.45) is 0 Å². The second-order valence-electron chi connectivity index (χ2n) is 13.8. The summed E-state index contributed by atoms with van der Waals surface area (Å²) in [6.45, 7) is -1.43. The van der Waals surface area contributed by atoms with Gasteiger partial charge in [0.05, 0.1) is 19.1 Å². The number of rotatable bonds is 10. The van der Waals surface area contributed by atoms with Gasteiger partial charge in [-0.1, -0.05) is 36.4 Å². The molecular weight excluding hydrogens is 736 g/mol. The SMILES string of the molecule is OCC1OC(Oc2cc(OC3OC(CO)C(O)C(O)C3O)cc(C3c4c(C=Cc5ccc(O)cc5)cc(O)cc4OC3c3ccc(O)cc3)c2)C(O)C(O)C1O. The average molecular weight is 779 g/mol. The highest BCUT2D eigenvalue weighted by atomic mass is 16.7. The molecule has 298 valence electrons. The highest BCUT2D eigenvalue weighted by molar-refractivity contribution is 5.75. The quantitative estimate of drug-likeness (QED) is 0.0985. The fraction of sp³-hybridized carbons (Fsp3) is 0.350. The number of phenolic OH excluding ortho intramolecular Hbond substituents is 3. The number of hydrogen-bond acceptors (Lipinski definition) is 16. The summed E-state index contributed by atoms with van der Waals surface area (Å²) in [5.41, 5.74) is 2.85. The molecule has 4 aromatic rings. The number of fused-ring (bicyclic) bond motifs is 1. The van der Waals surface area contributed by atoms with Crippen molar-refractivity contribution >= 4 is 12.2 Å². The summed E-state index contributed by atoms with van der Waals surface area (Å²) in [6.07, 6.45) is -13.6. The van der Waals surface area contributed by atoms with Gasteiger partial charge in [-0.05, 0) is 64.7 Å². The molecule has 0 radical (unpaired) electrons. The van der Waals surface area contributed by atoms with Crippen molar-refractivity contribution in [3.05, 3.63) is 107 Å². The lowest BCUT2D eigenvalue weighted by Gasteiger charge is -2.40. The Morgan fingerprint density at radius 3 is 1.57 bits per heavy atom. The fourth-order valence-corrected chi connectivity index (χ4v) is 7.10. The summed E-state index contributed by atoms with van der Waals surface area (Å²) in [5, 5.41) is 114.